The first-order valence-electron chi connectivity index (χ1n) is 9.66. The number of ether oxygens (including phenoxy) is 2. The predicted molar refractivity (Wildman–Crippen MR) is 101 cm³/mol. The van der Waals surface area contributed by atoms with Gasteiger partial charge in [-0.1, -0.05) is 0 Å². The Bertz CT molecular complexity index is 789. The first-order valence-corrected chi connectivity index (χ1v) is 9.66. The molecule has 0 spiro atoms. The highest BCUT2D eigenvalue weighted by Crippen LogP contribution is 2.18. The van der Waals surface area contributed by atoms with E-state index in [-0.39, 0.29) is 17.9 Å². The molecule has 2 saturated heterocycles. The van der Waals surface area contributed by atoms with Crippen molar-refractivity contribution in [1.82, 2.24) is 9.80 Å². The van der Waals surface area contributed by atoms with Crippen LogP contribution in [0.15, 0.2) is 47.3 Å². The van der Waals surface area contributed by atoms with Crippen LogP contribution in [-0.2, 0) is 4.74 Å². The van der Waals surface area contributed by atoms with Crippen molar-refractivity contribution in [3.05, 3.63) is 54.0 Å². The van der Waals surface area contributed by atoms with Gasteiger partial charge in [0.25, 0.3) is 11.8 Å². The second kappa shape index (κ2) is 8.48. The molecule has 0 N–H and O–H groups in total. The van der Waals surface area contributed by atoms with Gasteiger partial charge in [-0.2, -0.15) is 0 Å². The number of carbonyl (C=O) groups excluding carboxylic acids is 2. The zero-order chi connectivity index (χ0) is 19.3. The Hall–Kier alpha value is -2.80. The van der Waals surface area contributed by atoms with Gasteiger partial charge in [-0.15, -0.1) is 0 Å². The first-order chi connectivity index (χ1) is 13.7. The van der Waals surface area contributed by atoms with E-state index in [0.717, 1.165) is 25.2 Å². The lowest BCUT2D eigenvalue weighted by Crippen LogP contribution is -2.50. The SMILES string of the molecule is O=C(c1ccc(OCC2CCCO2)cc1)N1CCN(C(=O)c2ccoc2)CC1. The number of amides is 2. The van der Waals surface area contributed by atoms with Gasteiger partial charge in [0.1, 0.15) is 18.6 Å². The standard InChI is InChI=1S/C21H24N2O5/c24-20(16-3-5-18(6-4-16)28-15-19-2-1-12-27-19)22-8-10-23(11-9-22)21(25)17-7-13-26-14-17/h3-7,13-14,19H,1-2,8-12,15H2. The molecule has 7 heteroatoms. The van der Waals surface area contributed by atoms with E-state index < -0.39 is 0 Å². The van der Waals surface area contributed by atoms with Crippen LogP contribution < -0.4 is 4.74 Å². The van der Waals surface area contributed by atoms with Gasteiger partial charge in [0.05, 0.1) is 17.9 Å². The van der Waals surface area contributed by atoms with Gasteiger partial charge in [-0.25, -0.2) is 0 Å². The van der Waals surface area contributed by atoms with Crippen molar-refractivity contribution in [3.8, 4) is 5.75 Å². The van der Waals surface area contributed by atoms with Crippen LogP contribution in [-0.4, -0.2) is 67.1 Å². The minimum Gasteiger partial charge on any atom is -0.491 e. The van der Waals surface area contributed by atoms with Crippen molar-refractivity contribution >= 4 is 11.8 Å². The maximum atomic E-state index is 12.7. The molecule has 2 amide bonds. The Labute approximate surface area is 163 Å². The van der Waals surface area contributed by atoms with Gasteiger partial charge in [-0.05, 0) is 43.2 Å². The highest BCUT2D eigenvalue weighted by molar-refractivity contribution is 5.95. The maximum absolute atomic E-state index is 12.7. The fraction of sp³-hybridized carbons (Fsp3) is 0.429. The summed E-state index contributed by atoms with van der Waals surface area (Å²) in [5, 5.41) is 0. The molecule has 1 aromatic heterocycles. The molecule has 1 atom stereocenters. The quantitative estimate of drug-likeness (QED) is 0.792. The first kappa shape index (κ1) is 18.6. The molecule has 1 aromatic carbocycles. The number of hydrogen-bond donors (Lipinski definition) is 0. The Morgan fingerprint density at radius 2 is 1.64 bits per heavy atom. The third-order valence-electron chi connectivity index (χ3n) is 5.18. The van der Waals surface area contributed by atoms with Gasteiger partial charge >= 0.3 is 0 Å². The van der Waals surface area contributed by atoms with E-state index in [1.165, 1.54) is 12.5 Å². The number of rotatable bonds is 5. The van der Waals surface area contributed by atoms with Gasteiger partial charge in [0.2, 0.25) is 0 Å². The molecule has 3 heterocycles. The molecule has 28 heavy (non-hydrogen) atoms. The summed E-state index contributed by atoms with van der Waals surface area (Å²) < 4.78 is 16.3. The van der Waals surface area contributed by atoms with Crippen LogP contribution in [0.1, 0.15) is 33.6 Å². The molecule has 2 aliphatic rings. The summed E-state index contributed by atoms with van der Waals surface area (Å²) in [7, 11) is 0. The predicted octanol–water partition coefficient (Wildman–Crippen LogP) is 2.44. The number of benzene rings is 1. The summed E-state index contributed by atoms with van der Waals surface area (Å²) in [5.74, 6) is 0.650. The molecule has 0 saturated carbocycles. The molecule has 0 aliphatic carbocycles. The zero-order valence-corrected chi connectivity index (χ0v) is 15.7. The Kier molecular flexibility index (Phi) is 5.62. The number of piperazine rings is 1. The fourth-order valence-electron chi connectivity index (χ4n) is 3.52. The summed E-state index contributed by atoms with van der Waals surface area (Å²) in [4.78, 5) is 28.6. The van der Waals surface area contributed by atoms with Crippen molar-refractivity contribution in [1.29, 1.82) is 0 Å². The van der Waals surface area contributed by atoms with E-state index in [1.54, 1.807) is 28.0 Å². The highest BCUT2D eigenvalue weighted by atomic mass is 16.5. The minimum absolute atomic E-state index is 0.0268. The zero-order valence-electron chi connectivity index (χ0n) is 15.7. The van der Waals surface area contributed by atoms with Crippen molar-refractivity contribution in [2.75, 3.05) is 39.4 Å². The maximum Gasteiger partial charge on any atom is 0.257 e. The Morgan fingerprint density at radius 3 is 2.21 bits per heavy atom. The molecule has 7 nitrogen and oxygen atoms in total. The molecule has 148 valence electrons. The summed E-state index contributed by atoms with van der Waals surface area (Å²) in [6, 6.07) is 8.87. The van der Waals surface area contributed by atoms with Crippen LogP contribution in [0.5, 0.6) is 5.75 Å². The van der Waals surface area contributed by atoms with E-state index in [1.807, 2.05) is 12.1 Å². The van der Waals surface area contributed by atoms with Crippen LogP contribution in [0.2, 0.25) is 0 Å². The summed E-state index contributed by atoms with van der Waals surface area (Å²) in [6.07, 6.45) is 5.22. The Balaban J connectivity index is 1.28. The molecule has 2 aliphatic heterocycles. The van der Waals surface area contributed by atoms with Crippen molar-refractivity contribution in [3.63, 3.8) is 0 Å². The third kappa shape index (κ3) is 4.20. The van der Waals surface area contributed by atoms with Gasteiger partial charge < -0.3 is 23.7 Å². The normalized spacial score (nSPS) is 19.6. The average molecular weight is 384 g/mol. The lowest BCUT2D eigenvalue weighted by Gasteiger charge is -2.34. The van der Waals surface area contributed by atoms with Crippen LogP contribution in [0, 0.1) is 0 Å². The smallest absolute Gasteiger partial charge is 0.257 e. The van der Waals surface area contributed by atoms with Crippen molar-refractivity contribution < 1.29 is 23.5 Å². The van der Waals surface area contributed by atoms with E-state index in [9.17, 15) is 9.59 Å². The molecule has 2 aromatic rings. The van der Waals surface area contributed by atoms with E-state index in [4.69, 9.17) is 13.9 Å². The molecular formula is C21H24N2O5. The minimum atomic E-state index is -0.0615. The van der Waals surface area contributed by atoms with Crippen molar-refractivity contribution in [2.45, 2.75) is 18.9 Å². The van der Waals surface area contributed by atoms with Crippen LogP contribution in [0.25, 0.3) is 0 Å². The Morgan fingerprint density at radius 1 is 0.964 bits per heavy atom. The number of carbonyl (C=O) groups is 2. The topological polar surface area (TPSA) is 72.2 Å². The summed E-state index contributed by atoms with van der Waals surface area (Å²) >= 11 is 0. The molecule has 0 radical (unpaired) electrons. The van der Waals surface area contributed by atoms with Crippen LogP contribution in [0.3, 0.4) is 0 Å². The molecular weight excluding hydrogens is 360 g/mol. The third-order valence-corrected chi connectivity index (χ3v) is 5.18. The van der Waals surface area contributed by atoms with E-state index in [2.05, 4.69) is 0 Å². The molecule has 0 bridgehead atoms. The molecule has 2 fully saturated rings. The highest BCUT2D eigenvalue weighted by Gasteiger charge is 2.26. The van der Waals surface area contributed by atoms with Crippen LogP contribution in [0.4, 0.5) is 0 Å². The van der Waals surface area contributed by atoms with E-state index in [0.29, 0.717) is 43.9 Å². The van der Waals surface area contributed by atoms with Gasteiger partial charge in [-0.3, -0.25) is 9.59 Å². The molecule has 1 unspecified atom stereocenters. The van der Waals surface area contributed by atoms with Gasteiger partial charge in [0, 0.05) is 38.3 Å². The van der Waals surface area contributed by atoms with E-state index >= 15 is 0 Å². The average Bonchev–Trinajstić information content (AvgIpc) is 3.46. The largest absolute Gasteiger partial charge is 0.491 e. The van der Waals surface area contributed by atoms with Crippen molar-refractivity contribution in [2.24, 2.45) is 0 Å². The van der Waals surface area contributed by atoms with Crippen LogP contribution >= 0.6 is 0 Å². The monoisotopic (exact) mass is 384 g/mol. The number of furan rings is 1. The lowest BCUT2D eigenvalue weighted by molar-refractivity contribution is 0.0535. The lowest BCUT2D eigenvalue weighted by atomic mass is 10.1. The summed E-state index contributed by atoms with van der Waals surface area (Å²) in [6.45, 7) is 3.40. The summed E-state index contributed by atoms with van der Waals surface area (Å²) in [5.41, 5.74) is 1.16. The second-order valence-electron chi connectivity index (χ2n) is 7.07. The number of hydrogen-bond acceptors (Lipinski definition) is 5. The van der Waals surface area contributed by atoms with Gasteiger partial charge in [0.15, 0.2) is 0 Å². The molecule has 4 rings (SSSR count). The number of nitrogens with zero attached hydrogens (tertiary/aromatic N) is 2. The second-order valence-corrected chi connectivity index (χ2v) is 7.07. The fourth-order valence-corrected chi connectivity index (χ4v) is 3.52.